The van der Waals surface area contributed by atoms with Crippen molar-refractivity contribution in [1.82, 2.24) is 4.98 Å². The Bertz CT molecular complexity index is 1170. The van der Waals surface area contributed by atoms with Gasteiger partial charge in [-0.25, -0.2) is 12.8 Å². The average molecular weight is 389 g/mol. The standard InChI is InChI=1S/C18H16FN3O4S/c1-10-16(12-5-3-4-6-14(12)20-10)17(23)18(24)21-11-7-8-13(19)15(9-11)22-27(2,25)26/h3-9,20,22H,1-2H3,(H,21,24). The number of Topliss-reactive ketones (excluding diaryl/α,β-unsaturated/α-hetero) is 1. The lowest BCUT2D eigenvalue weighted by Gasteiger charge is -2.09. The van der Waals surface area contributed by atoms with Gasteiger partial charge in [-0.15, -0.1) is 0 Å². The Morgan fingerprint density at radius 2 is 1.81 bits per heavy atom. The molecular weight excluding hydrogens is 373 g/mol. The molecule has 3 N–H and O–H groups in total. The minimum atomic E-state index is -3.70. The van der Waals surface area contributed by atoms with Gasteiger partial charge in [0, 0.05) is 22.3 Å². The van der Waals surface area contributed by atoms with Gasteiger partial charge in [-0.05, 0) is 31.2 Å². The highest BCUT2D eigenvalue weighted by Crippen LogP contribution is 2.24. The molecule has 0 saturated heterocycles. The number of nitrogens with one attached hydrogen (secondary N) is 3. The topological polar surface area (TPSA) is 108 Å². The molecule has 9 heteroatoms. The molecular formula is C18H16FN3O4S. The van der Waals surface area contributed by atoms with Crippen molar-refractivity contribution >= 4 is 44.0 Å². The molecule has 0 aliphatic heterocycles. The van der Waals surface area contributed by atoms with Gasteiger partial charge in [0.15, 0.2) is 0 Å². The number of rotatable bonds is 5. The number of fused-ring (bicyclic) bond motifs is 1. The molecule has 0 atom stereocenters. The number of carbonyl (C=O) groups excluding carboxylic acids is 2. The fourth-order valence-electron chi connectivity index (χ4n) is 2.75. The number of aromatic amines is 1. The first kappa shape index (κ1) is 18.6. The second-order valence-electron chi connectivity index (χ2n) is 6.02. The molecule has 27 heavy (non-hydrogen) atoms. The van der Waals surface area contributed by atoms with Gasteiger partial charge in [0.25, 0.3) is 11.7 Å². The Labute approximate surface area is 154 Å². The van der Waals surface area contributed by atoms with E-state index in [0.717, 1.165) is 23.9 Å². The van der Waals surface area contributed by atoms with E-state index in [0.29, 0.717) is 11.1 Å². The summed E-state index contributed by atoms with van der Waals surface area (Å²) in [6, 6.07) is 10.4. The number of aromatic nitrogens is 1. The summed E-state index contributed by atoms with van der Waals surface area (Å²) in [7, 11) is -3.70. The first-order valence-corrected chi connectivity index (χ1v) is 9.75. The molecule has 0 fully saturated rings. The van der Waals surface area contributed by atoms with Crippen LogP contribution in [0.25, 0.3) is 10.9 Å². The zero-order valence-electron chi connectivity index (χ0n) is 14.5. The third kappa shape index (κ3) is 3.98. The van der Waals surface area contributed by atoms with Crippen molar-refractivity contribution in [2.24, 2.45) is 0 Å². The molecule has 7 nitrogen and oxygen atoms in total. The number of sulfonamides is 1. The molecule has 1 aromatic heterocycles. The highest BCUT2D eigenvalue weighted by Gasteiger charge is 2.23. The van der Waals surface area contributed by atoms with Gasteiger partial charge < -0.3 is 10.3 Å². The van der Waals surface area contributed by atoms with Gasteiger partial charge in [-0.1, -0.05) is 18.2 Å². The molecule has 0 spiro atoms. The van der Waals surface area contributed by atoms with Crippen LogP contribution in [0, 0.1) is 12.7 Å². The summed E-state index contributed by atoms with van der Waals surface area (Å²) in [5, 5.41) is 2.99. The molecule has 0 saturated carbocycles. The molecule has 1 heterocycles. The Morgan fingerprint density at radius 3 is 2.52 bits per heavy atom. The fraction of sp³-hybridized carbons (Fsp3) is 0.111. The molecule has 0 unspecified atom stereocenters. The number of amides is 1. The van der Waals surface area contributed by atoms with Gasteiger partial charge in [0.05, 0.1) is 17.5 Å². The lowest BCUT2D eigenvalue weighted by atomic mass is 10.1. The third-order valence-corrected chi connectivity index (χ3v) is 4.44. The van der Waals surface area contributed by atoms with E-state index in [4.69, 9.17) is 0 Å². The SMILES string of the molecule is Cc1[nH]c2ccccc2c1C(=O)C(=O)Nc1ccc(F)c(NS(C)(=O)=O)c1. The van der Waals surface area contributed by atoms with Crippen molar-refractivity contribution in [2.75, 3.05) is 16.3 Å². The lowest BCUT2D eigenvalue weighted by Crippen LogP contribution is -2.23. The van der Waals surface area contributed by atoms with Gasteiger partial charge in [-0.2, -0.15) is 0 Å². The predicted molar refractivity (Wildman–Crippen MR) is 101 cm³/mol. The van der Waals surface area contributed by atoms with Crippen molar-refractivity contribution in [3.8, 4) is 0 Å². The van der Waals surface area contributed by atoms with Gasteiger partial charge in [-0.3, -0.25) is 14.3 Å². The second kappa shape index (κ2) is 6.84. The van der Waals surface area contributed by atoms with Crippen LogP contribution < -0.4 is 10.0 Å². The van der Waals surface area contributed by atoms with Crippen LogP contribution >= 0.6 is 0 Å². The summed E-state index contributed by atoms with van der Waals surface area (Å²) < 4.78 is 38.3. The Morgan fingerprint density at radius 1 is 1.11 bits per heavy atom. The first-order valence-electron chi connectivity index (χ1n) is 7.86. The third-order valence-electron chi connectivity index (χ3n) is 3.85. The molecule has 3 aromatic rings. The number of benzene rings is 2. The van der Waals surface area contributed by atoms with Crippen LogP contribution in [0.4, 0.5) is 15.8 Å². The predicted octanol–water partition coefficient (Wildman–Crippen LogP) is 2.81. The van der Waals surface area contributed by atoms with E-state index in [2.05, 4.69) is 10.3 Å². The van der Waals surface area contributed by atoms with Crippen molar-refractivity contribution in [3.63, 3.8) is 0 Å². The monoisotopic (exact) mass is 389 g/mol. The largest absolute Gasteiger partial charge is 0.358 e. The van der Waals surface area contributed by atoms with E-state index in [9.17, 15) is 22.4 Å². The zero-order valence-corrected chi connectivity index (χ0v) is 15.3. The van der Waals surface area contributed by atoms with Crippen molar-refractivity contribution in [2.45, 2.75) is 6.92 Å². The molecule has 3 rings (SSSR count). The van der Waals surface area contributed by atoms with Crippen LogP contribution in [-0.4, -0.2) is 31.3 Å². The number of anilines is 2. The Balaban J connectivity index is 1.88. The van der Waals surface area contributed by atoms with Crippen LogP contribution in [-0.2, 0) is 14.8 Å². The van der Waals surface area contributed by atoms with E-state index >= 15 is 0 Å². The van der Waals surface area contributed by atoms with Crippen molar-refractivity contribution < 1.29 is 22.4 Å². The lowest BCUT2D eigenvalue weighted by molar-refractivity contribution is -0.112. The van der Waals surface area contributed by atoms with Crippen molar-refractivity contribution in [1.29, 1.82) is 0 Å². The zero-order chi connectivity index (χ0) is 19.8. The van der Waals surface area contributed by atoms with E-state index < -0.39 is 27.5 Å². The van der Waals surface area contributed by atoms with Crippen LogP contribution in [0.3, 0.4) is 0 Å². The molecule has 0 aliphatic carbocycles. The summed E-state index contributed by atoms with van der Waals surface area (Å²) in [5.41, 5.74) is 1.28. The van der Waals surface area contributed by atoms with Crippen LogP contribution in [0.15, 0.2) is 42.5 Å². The molecule has 0 radical (unpaired) electrons. The minimum Gasteiger partial charge on any atom is -0.358 e. The summed E-state index contributed by atoms with van der Waals surface area (Å²) in [6.45, 7) is 1.69. The number of aryl methyl sites for hydroxylation is 1. The minimum absolute atomic E-state index is 0.0818. The molecule has 0 bridgehead atoms. The Kier molecular flexibility index (Phi) is 4.71. The average Bonchev–Trinajstić information content (AvgIpc) is 2.91. The quantitative estimate of drug-likeness (QED) is 0.461. The maximum absolute atomic E-state index is 13.7. The number of H-pyrrole nitrogens is 1. The van der Waals surface area contributed by atoms with E-state index in [1.807, 2.05) is 4.72 Å². The number of hydrogen-bond donors (Lipinski definition) is 3. The summed E-state index contributed by atoms with van der Waals surface area (Å²) in [6.07, 6.45) is 0.876. The molecule has 0 aliphatic rings. The number of halogens is 1. The van der Waals surface area contributed by atoms with E-state index in [-0.39, 0.29) is 16.9 Å². The first-order chi connectivity index (χ1) is 12.7. The summed E-state index contributed by atoms with van der Waals surface area (Å²) in [4.78, 5) is 28.0. The smallest absolute Gasteiger partial charge is 0.296 e. The summed E-state index contributed by atoms with van der Waals surface area (Å²) in [5.74, 6) is -2.48. The molecule has 1 amide bonds. The van der Waals surface area contributed by atoms with Gasteiger partial charge in [0.2, 0.25) is 10.0 Å². The highest BCUT2D eigenvalue weighted by atomic mass is 32.2. The van der Waals surface area contributed by atoms with Gasteiger partial charge in [0.1, 0.15) is 5.82 Å². The number of ketones is 1. The normalized spacial score (nSPS) is 11.4. The fourth-order valence-corrected chi connectivity index (χ4v) is 3.31. The maximum atomic E-state index is 13.7. The van der Waals surface area contributed by atoms with Crippen LogP contribution in [0.2, 0.25) is 0 Å². The maximum Gasteiger partial charge on any atom is 0.296 e. The van der Waals surface area contributed by atoms with Crippen molar-refractivity contribution in [3.05, 3.63) is 59.5 Å². The van der Waals surface area contributed by atoms with Gasteiger partial charge >= 0.3 is 0 Å². The van der Waals surface area contributed by atoms with Crippen LogP contribution in [0.5, 0.6) is 0 Å². The summed E-state index contributed by atoms with van der Waals surface area (Å²) >= 11 is 0. The molecule has 2 aromatic carbocycles. The number of hydrogen-bond acceptors (Lipinski definition) is 4. The molecule has 140 valence electrons. The van der Waals surface area contributed by atoms with E-state index in [1.54, 1.807) is 31.2 Å². The Hall–Kier alpha value is -3.20. The number of carbonyl (C=O) groups is 2. The second-order valence-corrected chi connectivity index (χ2v) is 7.77. The number of para-hydroxylation sites is 1. The highest BCUT2D eigenvalue weighted by molar-refractivity contribution is 7.92. The van der Waals surface area contributed by atoms with Crippen LogP contribution in [0.1, 0.15) is 16.1 Å². The van der Waals surface area contributed by atoms with E-state index in [1.165, 1.54) is 6.07 Å².